The highest BCUT2D eigenvalue weighted by molar-refractivity contribution is 7.99. The highest BCUT2D eigenvalue weighted by Crippen LogP contribution is 2.27. The Bertz CT molecular complexity index is 1480. The number of thioether (sulfide) groups is 1. The van der Waals surface area contributed by atoms with Gasteiger partial charge < -0.3 is 4.57 Å². The Labute approximate surface area is 206 Å². The van der Waals surface area contributed by atoms with Crippen molar-refractivity contribution in [2.75, 3.05) is 5.75 Å². The maximum Gasteiger partial charge on any atom is 0.258 e. The van der Waals surface area contributed by atoms with Crippen molar-refractivity contribution >= 4 is 17.7 Å². The van der Waals surface area contributed by atoms with Gasteiger partial charge in [-0.3, -0.25) is 14.3 Å². The van der Waals surface area contributed by atoms with E-state index in [0.29, 0.717) is 23.0 Å². The lowest BCUT2D eigenvalue weighted by molar-refractivity contribution is -0.115. The molecule has 0 aliphatic rings. The Balaban J connectivity index is 1.40. The van der Waals surface area contributed by atoms with Gasteiger partial charge in [-0.1, -0.05) is 66.4 Å². The summed E-state index contributed by atoms with van der Waals surface area (Å²) in [5.74, 6) is 0.562. The van der Waals surface area contributed by atoms with E-state index in [9.17, 15) is 4.79 Å². The molecule has 0 aliphatic carbocycles. The predicted octanol–water partition coefficient (Wildman–Crippen LogP) is 4.40. The second-order valence-electron chi connectivity index (χ2n) is 7.69. The molecule has 0 saturated heterocycles. The molecule has 5 aromatic rings. The molecule has 0 aliphatic heterocycles. The summed E-state index contributed by atoms with van der Waals surface area (Å²) in [6, 6.07) is 29.4. The number of benzene rings is 2. The molecular weight excluding hydrogens is 456 g/mol. The minimum Gasteiger partial charge on any atom is -0.328 e. The predicted molar refractivity (Wildman–Crippen MR) is 136 cm³/mol. The number of para-hydroxylation sites is 1. The Morgan fingerprint density at radius 1 is 0.857 bits per heavy atom. The first kappa shape index (κ1) is 22.5. The van der Waals surface area contributed by atoms with Crippen LogP contribution in [0.4, 0.5) is 0 Å². The van der Waals surface area contributed by atoms with Crippen LogP contribution in [0, 0.1) is 0 Å². The van der Waals surface area contributed by atoms with Gasteiger partial charge in [0, 0.05) is 36.4 Å². The van der Waals surface area contributed by atoms with E-state index in [-0.39, 0.29) is 11.7 Å². The lowest BCUT2D eigenvalue weighted by atomic mass is 10.2. The minimum absolute atomic E-state index is 0.137. The fourth-order valence-electron chi connectivity index (χ4n) is 3.62. The summed E-state index contributed by atoms with van der Waals surface area (Å²) in [4.78, 5) is 21.4. The average Bonchev–Trinajstić information content (AvgIpc) is 3.34. The van der Waals surface area contributed by atoms with Crippen LogP contribution in [0.5, 0.6) is 0 Å². The molecular formula is C27H22N6OS. The summed E-state index contributed by atoms with van der Waals surface area (Å²) >= 11 is 1.31. The van der Waals surface area contributed by atoms with Crippen molar-refractivity contribution in [1.29, 1.82) is 0 Å². The second-order valence-corrected chi connectivity index (χ2v) is 8.63. The van der Waals surface area contributed by atoms with E-state index in [1.165, 1.54) is 11.8 Å². The molecule has 0 radical (unpaired) electrons. The van der Waals surface area contributed by atoms with Crippen LogP contribution >= 0.6 is 11.8 Å². The summed E-state index contributed by atoms with van der Waals surface area (Å²) in [5, 5.41) is 9.38. The smallest absolute Gasteiger partial charge is 0.258 e. The highest BCUT2D eigenvalue weighted by atomic mass is 32.2. The van der Waals surface area contributed by atoms with Gasteiger partial charge in [0.2, 0.25) is 0 Å². The van der Waals surface area contributed by atoms with Crippen molar-refractivity contribution in [2.24, 2.45) is 4.99 Å². The van der Waals surface area contributed by atoms with Gasteiger partial charge in [-0.05, 0) is 42.0 Å². The number of amides is 1. The van der Waals surface area contributed by atoms with Crippen molar-refractivity contribution in [2.45, 2.75) is 11.7 Å². The summed E-state index contributed by atoms with van der Waals surface area (Å²) in [5.41, 5.74) is 3.51. The number of hydrogen-bond acceptors (Lipinski definition) is 5. The molecule has 5 rings (SSSR count). The van der Waals surface area contributed by atoms with Gasteiger partial charge in [-0.2, -0.15) is 4.99 Å². The van der Waals surface area contributed by atoms with Crippen molar-refractivity contribution < 1.29 is 4.79 Å². The van der Waals surface area contributed by atoms with Crippen LogP contribution in [-0.2, 0) is 11.3 Å². The molecule has 0 atom stereocenters. The van der Waals surface area contributed by atoms with Gasteiger partial charge in [0.1, 0.15) is 5.49 Å². The molecule has 0 saturated carbocycles. The first-order valence-corrected chi connectivity index (χ1v) is 12.1. The first-order valence-electron chi connectivity index (χ1n) is 11.1. The first-order chi connectivity index (χ1) is 17.3. The van der Waals surface area contributed by atoms with Crippen molar-refractivity contribution in [3.8, 4) is 17.1 Å². The fourth-order valence-corrected chi connectivity index (χ4v) is 4.36. The largest absolute Gasteiger partial charge is 0.328 e. The Kier molecular flexibility index (Phi) is 6.91. The van der Waals surface area contributed by atoms with Gasteiger partial charge in [-0.25, -0.2) is 0 Å². The van der Waals surface area contributed by atoms with E-state index in [1.54, 1.807) is 12.4 Å². The van der Waals surface area contributed by atoms with Gasteiger partial charge in [-0.15, -0.1) is 10.2 Å². The summed E-state index contributed by atoms with van der Waals surface area (Å²) in [7, 11) is 0. The molecule has 0 spiro atoms. The van der Waals surface area contributed by atoms with Crippen molar-refractivity contribution in [3.05, 3.63) is 121 Å². The van der Waals surface area contributed by atoms with Crippen LogP contribution < -0.4 is 5.49 Å². The molecule has 0 unspecified atom stereocenters. The maximum absolute atomic E-state index is 12.8. The number of rotatable bonds is 7. The van der Waals surface area contributed by atoms with E-state index in [4.69, 9.17) is 0 Å². The SMILES string of the molecule is O=C(CSc1nnc(-c2cccnc2)n1-c1ccccc1)N=c1ccccn1Cc1ccccc1. The van der Waals surface area contributed by atoms with Gasteiger partial charge in [0.15, 0.2) is 11.0 Å². The molecule has 2 aromatic carbocycles. The van der Waals surface area contributed by atoms with Crippen LogP contribution in [0.3, 0.4) is 0 Å². The van der Waals surface area contributed by atoms with Crippen LogP contribution in [0.1, 0.15) is 5.56 Å². The molecule has 0 fully saturated rings. The van der Waals surface area contributed by atoms with Gasteiger partial charge in [0.05, 0.1) is 5.75 Å². The van der Waals surface area contributed by atoms with E-state index in [1.807, 2.05) is 94.2 Å². The Hall–Kier alpha value is -4.30. The Morgan fingerprint density at radius 2 is 1.63 bits per heavy atom. The third kappa shape index (κ3) is 5.44. The standard InChI is InChI=1S/C27H22N6OS/c34-25(29-24-15-7-8-17-32(24)19-21-10-3-1-4-11-21)20-35-27-31-30-26(22-12-9-16-28-18-22)33(27)23-13-5-2-6-14-23/h1-18H,19-20H2. The normalized spacial score (nSPS) is 11.5. The average molecular weight is 479 g/mol. The second kappa shape index (κ2) is 10.8. The number of pyridine rings is 2. The topological polar surface area (TPSA) is 78.0 Å². The van der Waals surface area contributed by atoms with Crippen molar-refractivity contribution in [3.63, 3.8) is 0 Å². The summed E-state index contributed by atoms with van der Waals surface area (Å²) < 4.78 is 3.90. The number of nitrogens with zero attached hydrogens (tertiary/aromatic N) is 6. The lowest BCUT2D eigenvalue weighted by Gasteiger charge is -2.09. The number of carbonyl (C=O) groups excluding carboxylic acids is 1. The number of aromatic nitrogens is 5. The molecule has 8 heteroatoms. The lowest BCUT2D eigenvalue weighted by Crippen LogP contribution is -2.22. The summed E-state index contributed by atoms with van der Waals surface area (Å²) in [6.07, 6.45) is 5.40. The molecule has 35 heavy (non-hydrogen) atoms. The maximum atomic E-state index is 12.8. The number of hydrogen-bond donors (Lipinski definition) is 0. The third-order valence-corrected chi connectivity index (χ3v) is 6.16. The van der Waals surface area contributed by atoms with Crippen LogP contribution in [-0.4, -0.2) is 36.0 Å². The molecule has 3 heterocycles. The zero-order valence-corrected chi connectivity index (χ0v) is 19.6. The molecule has 0 N–H and O–H groups in total. The monoisotopic (exact) mass is 478 g/mol. The number of carbonyl (C=O) groups is 1. The van der Waals surface area contributed by atoms with Crippen LogP contribution in [0.25, 0.3) is 17.1 Å². The molecule has 0 bridgehead atoms. The van der Waals surface area contributed by atoms with Crippen LogP contribution in [0.2, 0.25) is 0 Å². The fraction of sp³-hybridized carbons (Fsp3) is 0.0741. The van der Waals surface area contributed by atoms with Gasteiger partial charge >= 0.3 is 0 Å². The van der Waals surface area contributed by atoms with E-state index in [2.05, 4.69) is 32.3 Å². The third-order valence-electron chi connectivity index (χ3n) is 5.24. The summed E-state index contributed by atoms with van der Waals surface area (Å²) in [6.45, 7) is 0.637. The zero-order chi connectivity index (χ0) is 23.9. The Morgan fingerprint density at radius 3 is 2.40 bits per heavy atom. The van der Waals surface area contributed by atoms with E-state index < -0.39 is 0 Å². The minimum atomic E-state index is -0.242. The van der Waals surface area contributed by atoms with Crippen molar-refractivity contribution in [1.82, 2.24) is 24.3 Å². The van der Waals surface area contributed by atoms with Crippen LogP contribution in [0.15, 0.2) is 120 Å². The molecule has 172 valence electrons. The molecule has 3 aromatic heterocycles. The van der Waals surface area contributed by atoms with E-state index >= 15 is 0 Å². The van der Waals surface area contributed by atoms with Gasteiger partial charge in [0.25, 0.3) is 5.91 Å². The highest BCUT2D eigenvalue weighted by Gasteiger charge is 2.17. The zero-order valence-electron chi connectivity index (χ0n) is 18.8. The van der Waals surface area contributed by atoms with E-state index in [0.717, 1.165) is 16.8 Å². The quantitative estimate of drug-likeness (QED) is 0.324. The molecule has 7 nitrogen and oxygen atoms in total. The molecule has 1 amide bonds.